The maximum absolute atomic E-state index is 5.48. The van der Waals surface area contributed by atoms with E-state index in [4.69, 9.17) is 14.2 Å². The summed E-state index contributed by atoms with van der Waals surface area (Å²) >= 11 is 0. The fourth-order valence-electron chi connectivity index (χ4n) is 1.85. The maximum Gasteiger partial charge on any atom is 0.224 e. The molecule has 0 spiro atoms. The lowest BCUT2D eigenvalue weighted by molar-refractivity contribution is 0.0145. The molecule has 0 unspecified atom stereocenters. The van der Waals surface area contributed by atoms with Gasteiger partial charge in [0.1, 0.15) is 5.82 Å². The number of ether oxygens (including phenoxy) is 3. The van der Waals surface area contributed by atoms with Gasteiger partial charge in [-0.1, -0.05) is 0 Å². The number of anilines is 2. The van der Waals surface area contributed by atoms with Crippen molar-refractivity contribution in [3.05, 3.63) is 12.3 Å². The average Bonchev–Trinajstić information content (AvgIpc) is 2.51. The Labute approximate surface area is 125 Å². The normalized spacial score (nSPS) is 19.6. The van der Waals surface area contributed by atoms with Crippen molar-refractivity contribution >= 4 is 11.8 Å². The molecule has 2 heterocycles. The molecular formula is C14H24N4O3. The first-order valence-electron chi connectivity index (χ1n) is 7.49. The van der Waals surface area contributed by atoms with Crippen molar-refractivity contribution in [1.82, 2.24) is 9.97 Å². The summed E-state index contributed by atoms with van der Waals surface area (Å²) in [6, 6.07) is 1.86. The van der Waals surface area contributed by atoms with Gasteiger partial charge in [-0.3, -0.25) is 0 Å². The molecule has 2 rings (SSSR count). The molecule has 2 N–H and O–H groups in total. The van der Waals surface area contributed by atoms with E-state index in [9.17, 15) is 0 Å². The van der Waals surface area contributed by atoms with E-state index in [-0.39, 0.29) is 0 Å². The minimum absolute atomic E-state index is 0.615. The monoisotopic (exact) mass is 296 g/mol. The van der Waals surface area contributed by atoms with Crippen LogP contribution < -0.4 is 10.6 Å². The van der Waals surface area contributed by atoms with E-state index in [1.807, 2.05) is 6.07 Å². The quantitative estimate of drug-likeness (QED) is 0.743. The van der Waals surface area contributed by atoms with Crippen LogP contribution in [0.2, 0.25) is 0 Å². The molecule has 0 amide bonds. The van der Waals surface area contributed by atoms with Crippen LogP contribution in [0.4, 0.5) is 11.8 Å². The number of hydrogen-bond donors (Lipinski definition) is 2. The summed E-state index contributed by atoms with van der Waals surface area (Å²) < 4.78 is 16.4. The van der Waals surface area contributed by atoms with Crippen LogP contribution >= 0.6 is 0 Å². The SMILES string of the molecule is c1cc2nc(n1)NCCCOCCOCCOCCCN2. The third-order valence-corrected chi connectivity index (χ3v) is 2.92. The number of fused-ring (bicyclic) bond motifs is 2. The molecule has 1 aromatic heterocycles. The third kappa shape index (κ3) is 7.22. The minimum Gasteiger partial charge on any atom is -0.379 e. The second-order valence-corrected chi connectivity index (χ2v) is 4.66. The van der Waals surface area contributed by atoms with E-state index < -0.39 is 0 Å². The maximum atomic E-state index is 5.48. The molecule has 7 nitrogen and oxygen atoms in total. The standard InChI is InChI=1S/C14H24N4O3/c1-4-15-13-3-6-17-14(18-13)16-5-2-8-20-10-12-21-11-9-19-7-1/h3,6H,1-2,4-5,7-12H2,(H2,15,16,17,18). The molecule has 0 radical (unpaired) electrons. The molecule has 0 saturated heterocycles. The van der Waals surface area contributed by atoms with E-state index in [0.717, 1.165) is 31.7 Å². The van der Waals surface area contributed by atoms with Gasteiger partial charge in [0, 0.05) is 32.5 Å². The molecule has 1 aliphatic rings. The lowest BCUT2D eigenvalue weighted by Gasteiger charge is -2.10. The van der Waals surface area contributed by atoms with E-state index in [2.05, 4.69) is 20.6 Å². The predicted molar refractivity (Wildman–Crippen MR) is 80.7 cm³/mol. The van der Waals surface area contributed by atoms with Gasteiger partial charge in [-0.15, -0.1) is 0 Å². The number of rotatable bonds is 0. The van der Waals surface area contributed by atoms with Crippen LogP contribution in [0.3, 0.4) is 0 Å². The minimum atomic E-state index is 0.615. The van der Waals surface area contributed by atoms with Crippen molar-refractivity contribution in [3.63, 3.8) is 0 Å². The molecule has 7 heteroatoms. The van der Waals surface area contributed by atoms with Gasteiger partial charge in [-0.25, -0.2) is 4.98 Å². The fourth-order valence-corrected chi connectivity index (χ4v) is 1.85. The summed E-state index contributed by atoms with van der Waals surface area (Å²) in [4.78, 5) is 8.59. The summed E-state index contributed by atoms with van der Waals surface area (Å²) in [6.45, 7) is 5.51. The lowest BCUT2D eigenvalue weighted by atomic mass is 10.4. The lowest BCUT2D eigenvalue weighted by Crippen LogP contribution is -2.14. The Balaban J connectivity index is 1.78. The van der Waals surface area contributed by atoms with Crippen LogP contribution in [0.15, 0.2) is 12.3 Å². The van der Waals surface area contributed by atoms with Gasteiger partial charge in [-0.2, -0.15) is 4.98 Å². The molecule has 21 heavy (non-hydrogen) atoms. The molecular weight excluding hydrogens is 272 g/mol. The summed E-state index contributed by atoms with van der Waals surface area (Å²) in [5.74, 6) is 1.47. The molecule has 2 bridgehead atoms. The van der Waals surface area contributed by atoms with Gasteiger partial charge in [0.05, 0.1) is 26.4 Å². The smallest absolute Gasteiger partial charge is 0.224 e. The molecule has 0 atom stereocenters. The van der Waals surface area contributed by atoms with E-state index >= 15 is 0 Å². The molecule has 1 aromatic rings. The molecule has 0 aliphatic carbocycles. The van der Waals surface area contributed by atoms with Gasteiger partial charge in [0.2, 0.25) is 5.95 Å². The van der Waals surface area contributed by atoms with Crippen molar-refractivity contribution in [2.24, 2.45) is 0 Å². The van der Waals surface area contributed by atoms with Crippen LogP contribution in [0.5, 0.6) is 0 Å². The van der Waals surface area contributed by atoms with Crippen LogP contribution in [0, 0.1) is 0 Å². The van der Waals surface area contributed by atoms with Gasteiger partial charge < -0.3 is 24.8 Å². The summed E-state index contributed by atoms with van der Waals surface area (Å²) in [7, 11) is 0. The topological polar surface area (TPSA) is 77.5 Å². The Morgan fingerprint density at radius 2 is 1.43 bits per heavy atom. The van der Waals surface area contributed by atoms with Crippen molar-refractivity contribution in [2.45, 2.75) is 12.8 Å². The highest BCUT2D eigenvalue weighted by Gasteiger charge is 1.99. The first-order chi connectivity index (χ1) is 10.4. The van der Waals surface area contributed by atoms with Crippen molar-refractivity contribution < 1.29 is 14.2 Å². The van der Waals surface area contributed by atoms with E-state index in [1.54, 1.807) is 6.20 Å². The largest absolute Gasteiger partial charge is 0.379 e. The molecule has 1 aliphatic heterocycles. The molecule has 118 valence electrons. The Morgan fingerprint density at radius 3 is 2.14 bits per heavy atom. The number of nitrogens with one attached hydrogen (secondary N) is 2. The summed E-state index contributed by atoms with van der Waals surface area (Å²) in [5, 5.41) is 6.45. The second-order valence-electron chi connectivity index (χ2n) is 4.66. The summed E-state index contributed by atoms with van der Waals surface area (Å²) in [5.41, 5.74) is 0. The second kappa shape index (κ2) is 10.3. The Kier molecular flexibility index (Phi) is 7.83. The van der Waals surface area contributed by atoms with Crippen LogP contribution in [0.25, 0.3) is 0 Å². The molecule has 0 saturated carbocycles. The van der Waals surface area contributed by atoms with Gasteiger partial charge in [0.15, 0.2) is 0 Å². The zero-order valence-electron chi connectivity index (χ0n) is 12.3. The first-order valence-corrected chi connectivity index (χ1v) is 7.49. The van der Waals surface area contributed by atoms with Crippen molar-refractivity contribution in [2.75, 3.05) is 63.4 Å². The summed E-state index contributed by atoms with van der Waals surface area (Å²) in [6.07, 6.45) is 3.58. The zero-order chi connectivity index (χ0) is 14.6. The van der Waals surface area contributed by atoms with Crippen LogP contribution in [-0.2, 0) is 14.2 Å². The van der Waals surface area contributed by atoms with E-state index in [0.29, 0.717) is 45.6 Å². The van der Waals surface area contributed by atoms with Crippen LogP contribution in [-0.4, -0.2) is 62.7 Å². The number of hydrogen-bond acceptors (Lipinski definition) is 7. The predicted octanol–water partition coefficient (Wildman–Crippen LogP) is 1.14. The Bertz CT molecular complexity index is 361. The Morgan fingerprint density at radius 1 is 0.810 bits per heavy atom. The number of nitrogens with zero attached hydrogens (tertiary/aromatic N) is 2. The molecule has 0 fully saturated rings. The average molecular weight is 296 g/mol. The van der Waals surface area contributed by atoms with Crippen molar-refractivity contribution in [3.8, 4) is 0 Å². The number of aromatic nitrogens is 2. The van der Waals surface area contributed by atoms with Gasteiger partial charge >= 0.3 is 0 Å². The van der Waals surface area contributed by atoms with Gasteiger partial charge in [-0.05, 0) is 18.9 Å². The highest BCUT2D eigenvalue weighted by molar-refractivity contribution is 5.39. The van der Waals surface area contributed by atoms with Gasteiger partial charge in [0.25, 0.3) is 0 Å². The third-order valence-electron chi connectivity index (χ3n) is 2.92. The fraction of sp³-hybridized carbons (Fsp3) is 0.714. The zero-order valence-corrected chi connectivity index (χ0v) is 12.3. The van der Waals surface area contributed by atoms with E-state index in [1.165, 1.54) is 0 Å². The highest BCUT2D eigenvalue weighted by atomic mass is 16.5. The highest BCUT2D eigenvalue weighted by Crippen LogP contribution is 2.05. The first kappa shape index (κ1) is 15.9. The van der Waals surface area contributed by atoms with Crippen molar-refractivity contribution in [1.29, 1.82) is 0 Å². The van der Waals surface area contributed by atoms with Crippen LogP contribution in [0.1, 0.15) is 12.8 Å². The Hall–Kier alpha value is -1.44. The molecule has 0 aromatic carbocycles.